The van der Waals surface area contributed by atoms with Gasteiger partial charge in [0, 0.05) is 36.3 Å². The van der Waals surface area contributed by atoms with Crippen molar-refractivity contribution in [3.63, 3.8) is 0 Å². The summed E-state index contributed by atoms with van der Waals surface area (Å²) in [6.07, 6.45) is -1.87. The maximum atomic E-state index is 14.1. The SMILES string of the molecule is Cc1c(-c2cccc(C(F)(F)F)c2)c(=O)c(C(=O)NCc2ccc(S(C)=O)c(F)c2)cn1C(C)C. The van der Waals surface area contributed by atoms with Crippen molar-refractivity contribution in [2.45, 2.75) is 44.4 Å². The standard InChI is InChI=1S/C25H24F4N2O3S/c1-14(2)31-13-19(24(33)30-12-16-8-9-21(35(4)34)20(26)10-16)23(32)22(15(31)3)17-6-5-7-18(11-17)25(27,28)29/h5-11,13-14H,12H2,1-4H3,(H,30,33). The Kier molecular flexibility index (Phi) is 7.64. The van der Waals surface area contributed by atoms with Gasteiger partial charge in [-0.1, -0.05) is 18.2 Å². The van der Waals surface area contributed by atoms with Crippen molar-refractivity contribution >= 4 is 16.7 Å². The number of carbonyl (C=O) groups is 1. The molecule has 35 heavy (non-hydrogen) atoms. The highest BCUT2D eigenvalue weighted by Crippen LogP contribution is 2.32. The Morgan fingerprint density at radius 2 is 1.83 bits per heavy atom. The van der Waals surface area contributed by atoms with Crippen LogP contribution < -0.4 is 10.7 Å². The second kappa shape index (κ2) is 10.2. The quantitative estimate of drug-likeness (QED) is 0.464. The number of benzene rings is 2. The molecule has 1 N–H and O–H groups in total. The molecule has 0 radical (unpaired) electrons. The molecular formula is C25H24F4N2O3S. The van der Waals surface area contributed by atoms with Gasteiger partial charge in [0.25, 0.3) is 5.91 Å². The first-order valence-corrected chi connectivity index (χ1v) is 12.2. The van der Waals surface area contributed by atoms with Crippen LogP contribution >= 0.6 is 0 Å². The van der Waals surface area contributed by atoms with Crippen LogP contribution in [0.15, 0.2) is 58.4 Å². The summed E-state index contributed by atoms with van der Waals surface area (Å²) in [7, 11) is -1.51. The first-order chi connectivity index (χ1) is 16.3. The van der Waals surface area contributed by atoms with Gasteiger partial charge in [-0.2, -0.15) is 13.2 Å². The number of amides is 1. The minimum atomic E-state index is -4.59. The Morgan fingerprint density at radius 3 is 2.40 bits per heavy atom. The predicted molar refractivity (Wildman–Crippen MR) is 126 cm³/mol. The lowest BCUT2D eigenvalue weighted by Gasteiger charge is -2.20. The van der Waals surface area contributed by atoms with Gasteiger partial charge in [0.15, 0.2) is 0 Å². The molecule has 0 fully saturated rings. The van der Waals surface area contributed by atoms with Crippen LogP contribution in [0, 0.1) is 12.7 Å². The molecule has 0 spiro atoms. The molecule has 2 aromatic carbocycles. The van der Waals surface area contributed by atoms with Gasteiger partial charge in [-0.05, 0) is 56.2 Å². The largest absolute Gasteiger partial charge is 0.416 e. The van der Waals surface area contributed by atoms with Crippen molar-refractivity contribution in [1.82, 2.24) is 9.88 Å². The number of hydrogen-bond acceptors (Lipinski definition) is 3. The normalized spacial score (nSPS) is 12.6. The highest BCUT2D eigenvalue weighted by molar-refractivity contribution is 7.84. The van der Waals surface area contributed by atoms with Gasteiger partial charge in [0.2, 0.25) is 5.43 Å². The number of nitrogens with one attached hydrogen (secondary N) is 1. The molecule has 1 atom stereocenters. The van der Waals surface area contributed by atoms with Crippen molar-refractivity contribution in [2.24, 2.45) is 0 Å². The van der Waals surface area contributed by atoms with Crippen LogP contribution in [0.5, 0.6) is 0 Å². The van der Waals surface area contributed by atoms with Crippen molar-refractivity contribution < 1.29 is 26.6 Å². The number of nitrogens with zero attached hydrogens (tertiary/aromatic N) is 1. The fourth-order valence-corrected chi connectivity index (χ4v) is 4.37. The van der Waals surface area contributed by atoms with Crippen LogP contribution in [-0.4, -0.2) is 20.9 Å². The smallest absolute Gasteiger partial charge is 0.348 e. The molecule has 0 saturated carbocycles. The molecule has 0 aliphatic rings. The van der Waals surface area contributed by atoms with E-state index in [2.05, 4.69) is 5.32 Å². The van der Waals surface area contributed by atoms with Crippen LogP contribution in [-0.2, 0) is 23.5 Å². The average molecular weight is 509 g/mol. The molecule has 3 rings (SSSR count). The zero-order valence-corrected chi connectivity index (χ0v) is 20.3. The highest BCUT2D eigenvalue weighted by atomic mass is 32.2. The molecule has 1 unspecified atom stereocenters. The van der Waals surface area contributed by atoms with Gasteiger partial charge < -0.3 is 9.88 Å². The molecule has 1 amide bonds. The molecular weight excluding hydrogens is 484 g/mol. The highest BCUT2D eigenvalue weighted by Gasteiger charge is 2.31. The summed E-state index contributed by atoms with van der Waals surface area (Å²) in [5, 5.41) is 2.56. The third-order valence-corrected chi connectivity index (χ3v) is 6.48. The summed E-state index contributed by atoms with van der Waals surface area (Å²) >= 11 is 0. The topological polar surface area (TPSA) is 68.2 Å². The van der Waals surface area contributed by atoms with E-state index < -0.39 is 39.7 Å². The summed E-state index contributed by atoms with van der Waals surface area (Å²) in [5.41, 5.74) is -0.999. The lowest BCUT2D eigenvalue weighted by molar-refractivity contribution is -0.137. The first kappa shape index (κ1) is 26.3. The second-order valence-electron chi connectivity index (χ2n) is 8.31. The van der Waals surface area contributed by atoms with Gasteiger partial charge >= 0.3 is 6.18 Å². The van der Waals surface area contributed by atoms with Crippen molar-refractivity contribution in [1.29, 1.82) is 0 Å². The molecule has 0 aliphatic carbocycles. The monoisotopic (exact) mass is 508 g/mol. The van der Waals surface area contributed by atoms with Gasteiger partial charge in [0.05, 0.1) is 21.3 Å². The molecule has 10 heteroatoms. The molecule has 0 bridgehead atoms. The molecule has 0 saturated heterocycles. The molecule has 1 heterocycles. The zero-order valence-electron chi connectivity index (χ0n) is 19.5. The molecule has 3 aromatic rings. The molecule has 0 aliphatic heterocycles. The molecule has 186 valence electrons. The third-order valence-electron chi connectivity index (χ3n) is 5.53. The van der Waals surface area contributed by atoms with Crippen molar-refractivity contribution in [3.8, 4) is 11.1 Å². The van der Waals surface area contributed by atoms with Crippen LogP contribution in [0.2, 0.25) is 0 Å². The summed E-state index contributed by atoms with van der Waals surface area (Å²) < 4.78 is 67.1. The van der Waals surface area contributed by atoms with Crippen molar-refractivity contribution in [2.75, 3.05) is 6.26 Å². The Labute approximate surface area is 202 Å². The van der Waals surface area contributed by atoms with Crippen LogP contribution in [0.1, 0.15) is 47.1 Å². The lowest BCUT2D eigenvalue weighted by atomic mass is 9.98. The maximum absolute atomic E-state index is 14.1. The maximum Gasteiger partial charge on any atom is 0.416 e. The number of pyridine rings is 1. The fraction of sp³-hybridized carbons (Fsp3) is 0.280. The van der Waals surface area contributed by atoms with E-state index >= 15 is 0 Å². The van der Waals surface area contributed by atoms with E-state index in [4.69, 9.17) is 0 Å². The van der Waals surface area contributed by atoms with Gasteiger partial charge in [-0.3, -0.25) is 13.8 Å². The summed E-state index contributed by atoms with van der Waals surface area (Å²) in [5.74, 6) is -1.43. The minimum absolute atomic E-state index is 0.00160. The van der Waals surface area contributed by atoms with Crippen LogP contribution in [0.4, 0.5) is 17.6 Å². The lowest BCUT2D eigenvalue weighted by Crippen LogP contribution is -2.31. The molecule has 1 aromatic heterocycles. The summed E-state index contributed by atoms with van der Waals surface area (Å²) in [6, 6.07) is 8.23. The van der Waals surface area contributed by atoms with Gasteiger partial charge in [-0.25, -0.2) is 4.39 Å². The van der Waals surface area contributed by atoms with Crippen molar-refractivity contribution in [3.05, 3.63) is 87.1 Å². The Balaban J connectivity index is 2.02. The fourth-order valence-electron chi connectivity index (χ4n) is 3.78. The van der Waals surface area contributed by atoms with E-state index in [1.54, 1.807) is 11.5 Å². The Hall–Kier alpha value is -3.27. The number of rotatable bonds is 6. The van der Waals surface area contributed by atoms with E-state index in [0.717, 1.165) is 18.2 Å². The Bertz CT molecular complexity index is 1360. The van der Waals surface area contributed by atoms with E-state index in [1.807, 2.05) is 13.8 Å². The summed E-state index contributed by atoms with van der Waals surface area (Å²) in [6.45, 7) is 5.13. The second-order valence-corrected chi connectivity index (χ2v) is 9.66. The first-order valence-electron chi connectivity index (χ1n) is 10.6. The van der Waals surface area contributed by atoms with E-state index in [-0.39, 0.29) is 34.2 Å². The minimum Gasteiger partial charge on any atom is -0.348 e. The van der Waals surface area contributed by atoms with E-state index in [1.165, 1.54) is 36.7 Å². The van der Waals surface area contributed by atoms with E-state index in [9.17, 15) is 31.4 Å². The van der Waals surface area contributed by atoms with Gasteiger partial charge in [-0.15, -0.1) is 0 Å². The Morgan fingerprint density at radius 1 is 1.14 bits per heavy atom. The number of aromatic nitrogens is 1. The number of alkyl halides is 3. The molecule has 5 nitrogen and oxygen atoms in total. The number of carbonyl (C=O) groups excluding carboxylic acids is 1. The summed E-state index contributed by atoms with van der Waals surface area (Å²) in [4.78, 5) is 26.3. The van der Waals surface area contributed by atoms with Crippen LogP contribution in [0.25, 0.3) is 11.1 Å². The zero-order chi connectivity index (χ0) is 26.1. The van der Waals surface area contributed by atoms with Crippen LogP contribution in [0.3, 0.4) is 0 Å². The number of hydrogen-bond donors (Lipinski definition) is 1. The van der Waals surface area contributed by atoms with E-state index in [0.29, 0.717) is 11.3 Å². The van der Waals surface area contributed by atoms with Gasteiger partial charge in [0.1, 0.15) is 11.4 Å². The predicted octanol–water partition coefficient (Wildman–Crippen LogP) is 5.23. The number of halogens is 4. The average Bonchev–Trinajstić information content (AvgIpc) is 2.77. The third kappa shape index (κ3) is 5.70.